The number of nitro benzene ring substituents is 1. The van der Waals surface area contributed by atoms with E-state index in [0.717, 1.165) is 0 Å². The molecule has 1 aromatic carbocycles. The van der Waals surface area contributed by atoms with Crippen LogP contribution in [0.5, 0.6) is 0 Å². The van der Waals surface area contributed by atoms with Gasteiger partial charge in [-0.1, -0.05) is 26.0 Å². The van der Waals surface area contributed by atoms with Gasteiger partial charge in [0.25, 0.3) is 5.69 Å². The minimum absolute atomic E-state index is 0.0517. The summed E-state index contributed by atoms with van der Waals surface area (Å²) in [6.07, 6.45) is 1.34. The van der Waals surface area contributed by atoms with Crippen LogP contribution in [0.2, 0.25) is 0 Å². The summed E-state index contributed by atoms with van der Waals surface area (Å²) in [6.45, 7) is 5.63. The van der Waals surface area contributed by atoms with Gasteiger partial charge in [-0.2, -0.15) is 0 Å². The van der Waals surface area contributed by atoms with Crippen LogP contribution in [0.15, 0.2) is 24.3 Å². The van der Waals surface area contributed by atoms with E-state index in [1.54, 1.807) is 0 Å². The Morgan fingerprint density at radius 3 is 1.88 bits per heavy atom. The van der Waals surface area contributed by atoms with Crippen molar-refractivity contribution in [3.8, 4) is 0 Å². The Kier molecular flexibility index (Phi) is 7.35. The zero-order valence-corrected chi connectivity index (χ0v) is 14.2. The normalized spacial score (nSPS) is 11.0. The molecule has 0 fully saturated rings. The van der Waals surface area contributed by atoms with Gasteiger partial charge < -0.3 is 9.47 Å². The molecule has 7 nitrogen and oxygen atoms in total. The Balaban J connectivity index is 3.01. The van der Waals surface area contributed by atoms with Crippen LogP contribution in [-0.4, -0.2) is 30.1 Å². The van der Waals surface area contributed by atoms with E-state index in [0.29, 0.717) is 18.4 Å². The molecule has 0 saturated heterocycles. The first-order valence-corrected chi connectivity index (χ1v) is 7.93. The van der Waals surface area contributed by atoms with E-state index in [9.17, 15) is 19.7 Å². The molecule has 1 aromatic rings. The number of nitrogens with zero attached hydrogens (tertiary/aromatic N) is 1. The molecule has 0 aliphatic rings. The fraction of sp³-hybridized carbons (Fsp3) is 0.529. The van der Waals surface area contributed by atoms with Gasteiger partial charge in [-0.3, -0.25) is 19.7 Å². The third-order valence-electron chi connectivity index (χ3n) is 3.48. The molecule has 0 aliphatic heterocycles. The highest BCUT2D eigenvalue weighted by Gasteiger charge is 2.44. The van der Waals surface area contributed by atoms with Crippen LogP contribution in [0.4, 0.5) is 5.69 Å². The molecule has 0 saturated carbocycles. The number of benzene rings is 1. The lowest BCUT2D eigenvalue weighted by atomic mass is 9.83. The van der Waals surface area contributed by atoms with Crippen LogP contribution in [0.25, 0.3) is 0 Å². The predicted octanol–water partition coefficient (Wildman–Crippen LogP) is 3.05. The van der Waals surface area contributed by atoms with Gasteiger partial charge in [0.1, 0.15) is 0 Å². The van der Waals surface area contributed by atoms with Gasteiger partial charge in [0, 0.05) is 12.1 Å². The molecule has 132 valence electrons. The topological polar surface area (TPSA) is 95.7 Å². The second-order valence-corrected chi connectivity index (χ2v) is 5.70. The Hall–Kier alpha value is -2.44. The van der Waals surface area contributed by atoms with Gasteiger partial charge in [0.05, 0.1) is 18.1 Å². The van der Waals surface area contributed by atoms with Crippen LogP contribution in [0.1, 0.15) is 39.2 Å². The first-order chi connectivity index (χ1) is 11.3. The van der Waals surface area contributed by atoms with Crippen molar-refractivity contribution >= 4 is 17.6 Å². The second-order valence-electron chi connectivity index (χ2n) is 5.70. The second kappa shape index (κ2) is 9.00. The standard InChI is InChI=1S/C17H23NO6/c1-4-10-23-15(19)17(3,16(20)24-11-5-2)12-13-6-8-14(9-7-13)18(21)22/h6-9H,4-5,10-12H2,1-3H3. The van der Waals surface area contributed by atoms with Crippen LogP contribution >= 0.6 is 0 Å². The molecular weight excluding hydrogens is 314 g/mol. The Bertz CT molecular complexity index is 561. The van der Waals surface area contributed by atoms with Gasteiger partial charge in [0.15, 0.2) is 5.41 Å². The maximum absolute atomic E-state index is 12.4. The molecule has 0 spiro atoms. The lowest BCUT2D eigenvalue weighted by Gasteiger charge is -2.25. The molecule has 7 heteroatoms. The maximum atomic E-state index is 12.4. The zero-order valence-electron chi connectivity index (χ0n) is 14.2. The Morgan fingerprint density at radius 2 is 1.50 bits per heavy atom. The summed E-state index contributed by atoms with van der Waals surface area (Å²) >= 11 is 0. The number of rotatable bonds is 9. The van der Waals surface area contributed by atoms with Crippen molar-refractivity contribution in [2.24, 2.45) is 5.41 Å². The summed E-state index contributed by atoms with van der Waals surface area (Å²) in [5.74, 6) is -1.30. The summed E-state index contributed by atoms with van der Waals surface area (Å²) in [4.78, 5) is 35.0. The summed E-state index contributed by atoms with van der Waals surface area (Å²) < 4.78 is 10.3. The monoisotopic (exact) mass is 337 g/mol. The van der Waals surface area contributed by atoms with Gasteiger partial charge in [0.2, 0.25) is 0 Å². The molecule has 1 rings (SSSR count). The van der Waals surface area contributed by atoms with Gasteiger partial charge in [-0.25, -0.2) is 0 Å². The van der Waals surface area contributed by atoms with Crippen molar-refractivity contribution in [3.05, 3.63) is 39.9 Å². The van der Waals surface area contributed by atoms with Crippen molar-refractivity contribution in [2.75, 3.05) is 13.2 Å². The highest BCUT2D eigenvalue weighted by molar-refractivity contribution is 5.99. The Labute approximate surface area is 141 Å². The van der Waals surface area contributed by atoms with Crippen molar-refractivity contribution in [3.63, 3.8) is 0 Å². The third-order valence-corrected chi connectivity index (χ3v) is 3.48. The molecule has 0 heterocycles. The van der Waals surface area contributed by atoms with E-state index in [1.165, 1.54) is 31.2 Å². The predicted molar refractivity (Wildman–Crippen MR) is 87.4 cm³/mol. The fourth-order valence-electron chi connectivity index (χ4n) is 2.08. The molecule has 0 N–H and O–H groups in total. The number of carbonyl (C=O) groups is 2. The van der Waals surface area contributed by atoms with E-state index in [1.807, 2.05) is 13.8 Å². The highest BCUT2D eigenvalue weighted by Crippen LogP contribution is 2.28. The van der Waals surface area contributed by atoms with Crippen molar-refractivity contribution in [2.45, 2.75) is 40.0 Å². The minimum atomic E-state index is -1.49. The quantitative estimate of drug-likeness (QED) is 0.297. The highest BCUT2D eigenvalue weighted by atomic mass is 16.6. The van der Waals surface area contributed by atoms with Crippen LogP contribution in [0, 0.1) is 15.5 Å². The summed E-state index contributed by atoms with van der Waals surface area (Å²) in [5, 5.41) is 10.7. The molecule has 0 bridgehead atoms. The van der Waals surface area contributed by atoms with Crippen LogP contribution in [0.3, 0.4) is 0 Å². The van der Waals surface area contributed by atoms with Crippen molar-refractivity contribution in [1.82, 2.24) is 0 Å². The zero-order chi connectivity index (χ0) is 18.2. The van der Waals surface area contributed by atoms with Gasteiger partial charge >= 0.3 is 11.9 Å². The fourth-order valence-corrected chi connectivity index (χ4v) is 2.08. The molecular formula is C17H23NO6. The first-order valence-electron chi connectivity index (χ1n) is 7.93. The van der Waals surface area contributed by atoms with Gasteiger partial charge in [-0.15, -0.1) is 0 Å². The first kappa shape index (κ1) is 19.6. The third kappa shape index (κ3) is 5.04. The summed E-state index contributed by atoms with van der Waals surface area (Å²) in [7, 11) is 0. The number of carbonyl (C=O) groups excluding carboxylic acids is 2. The van der Waals surface area contributed by atoms with Crippen molar-refractivity contribution < 1.29 is 24.0 Å². The van der Waals surface area contributed by atoms with E-state index in [4.69, 9.17) is 9.47 Å². The number of non-ortho nitro benzene ring substituents is 1. The van der Waals surface area contributed by atoms with Crippen LogP contribution in [-0.2, 0) is 25.5 Å². The number of hydrogen-bond acceptors (Lipinski definition) is 6. The number of nitro groups is 1. The van der Waals surface area contributed by atoms with Crippen LogP contribution < -0.4 is 0 Å². The molecule has 0 amide bonds. The van der Waals surface area contributed by atoms with Crippen molar-refractivity contribution in [1.29, 1.82) is 0 Å². The Morgan fingerprint density at radius 1 is 1.04 bits per heavy atom. The average Bonchev–Trinajstić information content (AvgIpc) is 2.57. The smallest absolute Gasteiger partial charge is 0.323 e. The minimum Gasteiger partial charge on any atom is -0.465 e. The molecule has 0 aromatic heterocycles. The van der Waals surface area contributed by atoms with E-state index >= 15 is 0 Å². The SMILES string of the molecule is CCCOC(=O)C(C)(Cc1ccc([N+](=O)[O-])cc1)C(=O)OCCC. The maximum Gasteiger partial charge on any atom is 0.323 e. The summed E-state index contributed by atoms with van der Waals surface area (Å²) in [5.41, 5.74) is -0.923. The summed E-state index contributed by atoms with van der Waals surface area (Å²) in [6, 6.07) is 5.72. The molecule has 0 unspecified atom stereocenters. The van der Waals surface area contributed by atoms with E-state index in [2.05, 4.69) is 0 Å². The molecule has 0 aliphatic carbocycles. The number of esters is 2. The average molecular weight is 337 g/mol. The number of hydrogen-bond donors (Lipinski definition) is 0. The van der Waals surface area contributed by atoms with E-state index in [-0.39, 0.29) is 25.3 Å². The lowest BCUT2D eigenvalue weighted by Crippen LogP contribution is -2.41. The van der Waals surface area contributed by atoms with E-state index < -0.39 is 22.3 Å². The number of ether oxygens (including phenoxy) is 2. The van der Waals surface area contributed by atoms with Gasteiger partial charge in [-0.05, 0) is 31.7 Å². The largest absolute Gasteiger partial charge is 0.465 e. The molecule has 0 radical (unpaired) electrons. The molecule has 0 atom stereocenters. The molecule has 24 heavy (non-hydrogen) atoms. The lowest BCUT2D eigenvalue weighted by molar-refractivity contribution is -0.384.